The van der Waals surface area contributed by atoms with Gasteiger partial charge < -0.3 is 10.6 Å². The maximum atomic E-state index is 12.3. The Balaban J connectivity index is 2.23. The molecule has 1 atom stereocenters. The van der Waals surface area contributed by atoms with E-state index in [2.05, 4.69) is 10.6 Å². The smallest absolute Gasteiger partial charge is 0.252 e. The monoisotopic (exact) mass is 327 g/mol. The maximum absolute atomic E-state index is 12.3. The third-order valence-corrected chi connectivity index (χ3v) is 3.58. The number of benzene rings is 2. The van der Waals surface area contributed by atoms with Crippen molar-refractivity contribution in [2.45, 2.75) is 6.04 Å². The van der Waals surface area contributed by atoms with Gasteiger partial charge in [-0.15, -0.1) is 0 Å². The highest BCUT2D eigenvalue weighted by atomic mass is 35.5. The zero-order valence-electron chi connectivity index (χ0n) is 12.3. The van der Waals surface area contributed by atoms with Crippen molar-refractivity contribution in [2.24, 2.45) is 0 Å². The number of nitriles is 1. The van der Waals surface area contributed by atoms with Gasteiger partial charge in [-0.25, -0.2) is 0 Å². The Morgan fingerprint density at radius 3 is 2.35 bits per heavy atom. The molecule has 0 aliphatic carbocycles. The number of nitrogens with zero attached hydrogens (tertiary/aromatic N) is 1. The van der Waals surface area contributed by atoms with Crippen molar-refractivity contribution in [2.75, 3.05) is 7.05 Å². The van der Waals surface area contributed by atoms with E-state index in [0.29, 0.717) is 21.7 Å². The van der Waals surface area contributed by atoms with E-state index in [0.717, 1.165) is 0 Å². The first-order chi connectivity index (χ1) is 11.1. The first-order valence-corrected chi connectivity index (χ1v) is 7.21. The van der Waals surface area contributed by atoms with Gasteiger partial charge in [-0.05, 0) is 24.3 Å². The van der Waals surface area contributed by atoms with Crippen LogP contribution in [0, 0.1) is 11.3 Å². The molecule has 0 fully saturated rings. The van der Waals surface area contributed by atoms with Gasteiger partial charge in [-0.1, -0.05) is 35.9 Å². The highest BCUT2D eigenvalue weighted by molar-refractivity contribution is 6.31. The fourth-order valence-electron chi connectivity index (χ4n) is 2.05. The Bertz CT molecular complexity index is 783. The molecule has 0 saturated carbocycles. The average molecular weight is 328 g/mol. The molecule has 2 N–H and O–H groups in total. The lowest BCUT2D eigenvalue weighted by molar-refractivity contribution is 0.0945. The number of halogens is 1. The molecular weight excluding hydrogens is 314 g/mol. The predicted molar refractivity (Wildman–Crippen MR) is 87.1 cm³/mol. The van der Waals surface area contributed by atoms with Crippen molar-refractivity contribution in [1.29, 1.82) is 5.26 Å². The van der Waals surface area contributed by atoms with E-state index in [1.807, 2.05) is 6.07 Å². The minimum atomic E-state index is -0.875. The summed E-state index contributed by atoms with van der Waals surface area (Å²) in [5.41, 5.74) is 1.18. The van der Waals surface area contributed by atoms with Gasteiger partial charge in [0.15, 0.2) is 0 Å². The van der Waals surface area contributed by atoms with Crippen molar-refractivity contribution in [1.82, 2.24) is 10.6 Å². The molecule has 1 unspecified atom stereocenters. The second-order valence-corrected chi connectivity index (χ2v) is 5.12. The topological polar surface area (TPSA) is 82.0 Å². The first kappa shape index (κ1) is 16.5. The minimum absolute atomic E-state index is 0.289. The number of carbonyl (C=O) groups is 2. The molecule has 23 heavy (non-hydrogen) atoms. The molecule has 2 amide bonds. The molecular formula is C17H14ClN3O2. The van der Waals surface area contributed by atoms with Crippen LogP contribution in [0.15, 0.2) is 48.5 Å². The van der Waals surface area contributed by atoms with Gasteiger partial charge in [-0.2, -0.15) is 5.26 Å². The highest BCUT2D eigenvalue weighted by Crippen LogP contribution is 2.22. The standard InChI is InChI=1S/C17H14ClN3O2/c1-20-16(22)11-5-4-6-12(9-11)17(23)21-15(10-19)13-7-2-3-8-14(13)18/h2-9,15H,1H3,(H,20,22)(H,21,23). The number of nitrogens with one attached hydrogen (secondary N) is 2. The van der Waals surface area contributed by atoms with Crippen LogP contribution in [0.4, 0.5) is 0 Å². The van der Waals surface area contributed by atoms with Gasteiger partial charge in [-0.3, -0.25) is 9.59 Å². The molecule has 0 aromatic heterocycles. The van der Waals surface area contributed by atoms with Gasteiger partial charge in [0.25, 0.3) is 11.8 Å². The van der Waals surface area contributed by atoms with E-state index < -0.39 is 11.9 Å². The number of amides is 2. The zero-order valence-corrected chi connectivity index (χ0v) is 13.1. The van der Waals surface area contributed by atoms with Crippen LogP contribution < -0.4 is 10.6 Å². The summed E-state index contributed by atoms with van der Waals surface area (Å²) in [7, 11) is 1.51. The normalized spacial score (nSPS) is 11.2. The predicted octanol–water partition coefficient (Wildman–Crippen LogP) is 2.69. The van der Waals surface area contributed by atoms with E-state index >= 15 is 0 Å². The summed E-state index contributed by atoms with van der Waals surface area (Å²) >= 11 is 6.06. The van der Waals surface area contributed by atoms with Crippen LogP contribution in [0.1, 0.15) is 32.3 Å². The third kappa shape index (κ3) is 3.87. The number of hydrogen-bond donors (Lipinski definition) is 2. The zero-order chi connectivity index (χ0) is 16.8. The maximum Gasteiger partial charge on any atom is 0.252 e. The third-order valence-electron chi connectivity index (χ3n) is 3.23. The van der Waals surface area contributed by atoms with E-state index in [1.165, 1.54) is 13.1 Å². The van der Waals surface area contributed by atoms with Gasteiger partial charge in [0, 0.05) is 28.8 Å². The van der Waals surface area contributed by atoms with E-state index in [9.17, 15) is 14.9 Å². The minimum Gasteiger partial charge on any atom is -0.355 e. The molecule has 0 bridgehead atoms. The number of hydrogen-bond acceptors (Lipinski definition) is 3. The Kier molecular flexibility index (Phi) is 5.34. The Morgan fingerprint density at radius 2 is 1.74 bits per heavy atom. The molecule has 0 aliphatic rings. The molecule has 2 aromatic carbocycles. The lowest BCUT2D eigenvalue weighted by Gasteiger charge is -2.13. The Labute approximate surface area is 138 Å². The van der Waals surface area contributed by atoms with Crippen LogP contribution >= 0.6 is 11.6 Å². The van der Waals surface area contributed by atoms with E-state index in [1.54, 1.807) is 42.5 Å². The molecule has 116 valence electrons. The average Bonchev–Trinajstić information content (AvgIpc) is 2.59. The Morgan fingerprint density at radius 1 is 1.09 bits per heavy atom. The summed E-state index contributed by atoms with van der Waals surface area (Å²) in [6.45, 7) is 0. The lowest BCUT2D eigenvalue weighted by Crippen LogP contribution is -2.28. The SMILES string of the molecule is CNC(=O)c1cccc(C(=O)NC(C#N)c2ccccc2Cl)c1. The summed E-state index contributed by atoms with van der Waals surface area (Å²) in [5, 5.41) is 14.8. The summed E-state index contributed by atoms with van der Waals surface area (Å²) in [6, 6.07) is 14.2. The second-order valence-electron chi connectivity index (χ2n) is 4.72. The summed E-state index contributed by atoms with van der Waals surface area (Å²) in [5.74, 6) is -0.746. The molecule has 0 heterocycles. The molecule has 0 aliphatic heterocycles. The van der Waals surface area contributed by atoms with Crippen molar-refractivity contribution in [3.63, 3.8) is 0 Å². The van der Waals surface area contributed by atoms with Crippen LogP contribution in [-0.2, 0) is 0 Å². The molecule has 0 spiro atoms. The van der Waals surface area contributed by atoms with Crippen molar-refractivity contribution < 1.29 is 9.59 Å². The van der Waals surface area contributed by atoms with Gasteiger partial charge in [0.05, 0.1) is 6.07 Å². The summed E-state index contributed by atoms with van der Waals surface area (Å²) in [4.78, 5) is 23.9. The number of carbonyl (C=O) groups excluding carboxylic acids is 2. The quantitative estimate of drug-likeness (QED) is 0.905. The van der Waals surface area contributed by atoms with E-state index in [-0.39, 0.29) is 5.91 Å². The van der Waals surface area contributed by atoms with Gasteiger partial charge >= 0.3 is 0 Å². The van der Waals surface area contributed by atoms with Crippen LogP contribution in [0.3, 0.4) is 0 Å². The fourth-order valence-corrected chi connectivity index (χ4v) is 2.29. The van der Waals surface area contributed by atoms with Crippen molar-refractivity contribution >= 4 is 23.4 Å². The van der Waals surface area contributed by atoms with Crippen molar-refractivity contribution in [3.8, 4) is 6.07 Å². The molecule has 6 heteroatoms. The van der Waals surface area contributed by atoms with Crippen LogP contribution in [0.5, 0.6) is 0 Å². The lowest BCUT2D eigenvalue weighted by atomic mass is 10.1. The van der Waals surface area contributed by atoms with Crippen LogP contribution in [0.25, 0.3) is 0 Å². The van der Waals surface area contributed by atoms with Crippen LogP contribution in [-0.4, -0.2) is 18.9 Å². The van der Waals surface area contributed by atoms with Gasteiger partial charge in [0.1, 0.15) is 6.04 Å². The van der Waals surface area contributed by atoms with E-state index in [4.69, 9.17) is 11.6 Å². The van der Waals surface area contributed by atoms with Gasteiger partial charge in [0.2, 0.25) is 0 Å². The Hall–Kier alpha value is -2.84. The summed E-state index contributed by atoms with van der Waals surface area (Å²) < 4.78 is 0. The molecule has 0 saturated heterocycles. The first-order valence-electron chi connectivity index (χ1n) is 6.84. The number of rotatable bonds is 4. The second kappa shape index (κ2) is 7.43. The van der Waals surface area contributed by atoms with Crippen molar-refractivity contribution in [3.05, 3.63) is 70.2 Å². The summed E-state index contributed by atoms with van der Waals surface area (Å²) in [6.07, 6.45) is 0. The molecule has 2 rings (SSSR count). The molecule has 2 aromatic rings. The van der Waals surface area contributed by atoms with Crippen LogP contribution in [0.2, 0.25) is 5.02 Å². The fraction of sp³-hybridized carbons (Fsp3) is 0.118. The molecule has 5 nitrogen and oxygen atoms in total. The highest BCUT2D eigenvalue weighted by Gasteiger charge is 2.18. The largest absolute Gasteiger partial charge is 0.355 e. The molecule has 0 radical (unpaired) electrons.